The van der Waals surface area contributed by atoms with E-state index >= 15 is 0 Å². The molecule has 0 saturated heterocycles. The van der Waals surface area contributed by atoms with Crippen LogP contribution in [0, 0.1) is 0 Å². The number of anilines is 1. The molecule has 3 rings (SSSR count). The van der Waals surface area contributed by atoms with Crippen molar-refractivity contribution in [2.45, 2.75) is 5.22 Å². The average Bonchev–Trinajstić information content (AvgIpc) is 2.92. The molecule has 0 unspecified atom stereocenters. The van der Waals surface area contributed by atoms with Gasteiger partial charge in [0.1, 0.15) is 5.52 Å². The molecule has 0 aliphatic carbocycles. The van der Waals surface area contributed by atoms with E-state index in [1.165, 1.54) is 11.8 Å². The molecule has 1 amide bonds. The number of halogens is 2. The van der Waals surface area contributed by atoms with E-state index in [0.29, 0.717) is 5.22 Å². The Bertz CT molecular complexity index is 802. The second-order valence-corrected chi connectivity index (χ2v) is 7.11. The zero-order chi connectivity index (χ0) is 15.5. The summed E-state index contributed by atoms with van der Waals surface area (Å²) in [6.45, 7) is 0. The minimum absolute atomic E-state index is 0.119. The van der Waals surface area contributed by atoms with E-state index in [1.807, 2.05) is 42.5 Å². The number of fused-ring (bicyclic) bond motifs is 1. The molecule has 0 spiro atoms. The van der Waals surface area contributed by atoms with Crippen LogP contribution in [0.5, 0.6) is 0 Å². The van der Waals surface area contributed by atoms with E-state index in [0.717, 1.165) is 25.7 Å². The third kappa shape index (κ3) is 3.71. The van der Waals surface area contributed by atoms with E-state index in [1.54, 1.807) is 0 Å². The van der Waals surface area contributed by atoms with Crippen molar-refractivity contribution >= 4 is 66.3 Å². The number of thioether (sulfide) groups is 1. The summed E-state index contributed by atoms with van der Waals surface area (Å²) in [7, 11) is 0. The number of aromatic nitrogens is 1. The van der Waals surface area contributed by atoms with E-state index in [9.17, 15) is 4.79 Å². The summed E-state index contributed by atoms with van der Waals surface area (Å²) < 4.78 is 7.30. The van der Waals surface area contributed by atoms with Gasteiger partial charge in [0.25, 0.3) is 5.22 Å². The second-order valence-electron chi connectivity index (χ2n) is 4.41. The molecule has 22 heavy (non-hydrogen) atoms. The van der Waals surface area contributed by atoms with Crippen LogP contribution in [0.2, 0.25) is 0 Å². The maximum atomic E-state index is 12.0. The third-order valence-corrected chi connectivity index (χ3v) is 4.82. The quantitative estimate of drug-likeness (QED) is 0.573. The van der Waals surface area contributed by atoms with Gasteiger partial charge in [-0.3, -0.25) is 4.79 Å². The maximum absolute atomic E-state index is 12.0. The van der Waals surface area contributed by atoms with Crippen LogP contribution in [-0.2, 0) is 4.79 Å². The lowest BCUT2D eigenvalue weighted by molar-refractivity contribution is -0.113. The lowest BCUT2D eigenvalue weighted by Crippen LogP contribution is -2.14. The van der Waals surface area contributed by atoms with Gasteiger partial charge in [-0.2, -0.15) is 0 Å². The number of oxazole rings is 1. The Morgan fingerprint density at radius 2 is 2.05 bits per heavy atom. The summed E-state index contributed by atoms with van der Waals surface area (Å²) in [5.41, 5.74) is 2.23. The number of hydrogen-bond donors (Lipinski definition) is 1. The molecule has 7 heteroatoms. The summed E-state index contributed by atoms with van der Waals surface area (Å²) in [5, 5.41) is 3.34. The Hall–Kier alpha value is -1.31. The van der Waals surface area contributed by atoms with Crippen LogP contribution >= 0.6 is 43.6 Å². The first-order valence-corrected chi connectivity index (χ1v) is 8.92. The molecule has 3 aromatic rings. The standard InChI is InChI=1S/C15H10Br2N2O2S/c16-9-5-6-10(17)12(7-9)18-14(20)8-22-15-19-11-3-1-2-4-13(11)21-15/h1-7H,8H2,(H,18,20). The van der Waals surface area contributed by atoms with Crippen LogP contribution in [0.4, 0.5) is 5.69 Å². The molecule has 0 aliphatic heterocycles. The van der Waals surface area contributed by atoms with E-state index < -0.39 is 0 Å². The summed E-state index contributed by atoms with van der Waals surface area (Å²) in [5.74, 6) is 0.109. The van der Waals surface area contributed by atoms with Gasteiger partial charge in [-0.05, 0) is 46.3 Å². The SMILES string of the molecule is O=C(CSc1nc2ccccc2o1)Nc1cc(Br)ccc1Br. The Balaban J connectivity index is 1.63. The highest BCUT2D eigenvalue weighted by atomic mass is 79.9. The van der Waals surface area contributed by atoms with Crippen LogP contribution < -0.4 is 5.32 Å². The van der Waals surface area contributed by atoms with E-state index in [4.69, 9.17) is 4.42 Å². The lowest BCUT2D eigenvalue weighted by Gasteiger charge is -2.07. The van der Waals surface area contributed by atoms with Crippen molar-refractivity contribution in [2.75, 3.05) is 11.1 Å². The first kappa shape index (κ1) is 15.6. The van der Waals surface area contributed by atoms with Crippen molar-refractivity contribution in [2.24, 2.45) is 0 Å². The van der Waals surface area contributed by atoms with Gasteiger partial charge in [0.15, 0.2) is 5.58 Å². The number of carbonyl (C=O) groups excluding carboxylic acids is 1. The maximum Gasteiger partial charge on any atom is 0.257 e. The van der Waals surface area contributed by atoms with E-state index in [-0.39, 0.29) is 11.7 Å². The minimum Gasteiger partial charge on any atom is -0.431 e. The molecular formula is C15H10Br2N2O2S. The summed E-state index contributed by atoms with van der Waals surface area (Å²) in [4.78, 5) is 16.3. The summed E-state index contributed by atoms with van der Waals surface area (Å²) in [6, 6.07) is 13.1. The van der Waals surface area contributed by atoms with Crippen LogP contribution in [-0.4, -0.2) is 16.6 Å². The number of para-hydroxylation sites is 2. The Morgan fingerprint density at radius 1 is 1.23 bits per heavy atom. The van der Waals surface area contributed by atoms with Crippen LogP contribution in [0.15, 0.2) is 61.0 Å². The second kappa shape index (κ2) is 6.85. The topological polar surface area (TPSA) is 55.1 Å². The Morgan fingerprint density at radius 3 is 2.86 bits per heavy atom. The summed E-state index contributed by atoms with van der Waals surface area (Å²) >= 11 is 8.05. The van der Waals surface area contributed by atoms with Crippen molar-refractivity contribution in [3.63, 3.8) is 0 Å². The first-order chi connectivity index (χ1) is 10.6. The molecule has 0 atom stereocenters. The van der Waals surface area contributed by atoms with Crippen molar-refractivity contribution in [1.29, 1.82) is 0 Å². The highest BCUT2D eigenvalue weighted by Crippen LogP contribution is 2.27. The molecule has 1 aromatic heterocycles. The lowest BCUT2D eigenvalue weighted by atomic mass is 10.3. The highest BCUT2D eigenvalue weighted by Gasteiger charge is 2.10. The van der Waals surface area contributed by atoms with Gasteiger partial charge in [0.2, 0.25) is 5.91 Å². The number of carbonyl (C=O) groups is 1. The molecule has 0 radical (unpaired) electrons. The van der Waals surface area contributed by atoms with Crippen LogP contribution in [0.25, 0.3) is 11.1 Å². The Labute approximate surface area is 147 Å². The monoisotopic (exact) mass is 440 g/mol. The number of hydrogen-bond acceptors (Lipinski definition) is 4. The highest BCUT2D eigenvalue weighted by molar-refractivity contribution is 9.11. The fraction of sp³-hybridized carbons (Fsp3) is 0.0667. The molecule has 0 fully saturated rings. The molecule has 1 heterocycles. The molecule has 2 aromatic carbocycles. The largest absolute Gasteiger partial charge is 0.431 e. The minimum atomic E-state index is -0.119. The molecule has 1 N–H and O–H groups in total. The number of nitrogens with zero attached hydrogens (tertiary/aromatic N) is 1. The molecular weight excluding hydrogens is 432 g/mol. The van der Waals surface area contributed by atoms with Gasteiger partial charge in [0.05, 0.1) is 11.4 Å². The van der Waals surface area contributed by atoms with E-state index in [2.05, 4.69) is 42.2 Å². The van der Waals surface area contributed by atoms with Crippen molar-refractivity contribution in [1.82, 2.24) is 4.98 Å². The zero-order valence-electron chi connectivity index (χ0n) is 11.2. The molecule has 112 valence electrons. The fourth-order valence-corrected chi connectivity index (χ4v) is 3.16. The summed E-state index contributed by atoms with van der Waals surface area (Å²) in [6.07, 6.45) is 0. The number of rotatable bonds is 4. The van der Waals surface area contributed by atoms with Crippen molar-refractivity contribution in [3.05, 3.63) is 51.4 Å². The smallest absolute Gasteiger partial charge is 0.257 e. The fourth-order valence-electron chi connectivity index (χ4n) is 1.82. The van der Waals surface area contributed by atoms with Crippen molar-refractivity contribution < 1.29 is 9.21 Å². The predicted molar refractivity (Wildman–Crippen MR) is 95.2 cm³/mol. The van der Waals surface area contributed by atoms with Gasteiger partial charge >= 0.3 is 0 Å². The van der Waals surface area contributed by atoms with Gasteiger partial charge in [-0.25, -0.2) is 4.98 Å². The van der Waals surface area contributed by atoms with Crippen molar-refractivity contribution in [3.8, 4) is 0 Å². The zero-order valence-corrected chi connectivity index (χ0v) is 15.2. The number of nitrogens with one attached hydrogen (secondary N) is 1. The number of amides is 1. The van der Waals surface area contributed by atoms with Crippen LogP contribution in [0.1, 0.15) is 0 Å². The first-order valence-electron chi connectivity index (χ1n) is 6.35. The molecule has 0 saturated carbocycles. The van der Waals surface area contributed by atoms with Crippen LogP contribution in [0.3, 0.4) is 0 Å². The average molecular weight is 442 g/mol. The predicted octanol–water partition coefficient (Wildman–Crippen LogP) is 5.08. The Kier molecular flexibility index (Phi) is 4.85. The van der Waals surface area contributed by atoms with Gasteiger partial charge in [-0.1, -0.05) is 39.8 Å². The number of benzene rings is 2. The molecule has 4 nitrogen and oxygen atoms in total. The normalized spacial score (nSPS) is 10.8. The molecule has 0 aliphatic rings. The third-order valence-electron chi connectivity index (χ3n) is 2.80. The van der Waals surface area contributed by atoms with Gasteiger partial charge < -0.3 is 9.73 Å². The molecule has 0 bridgehead atoms. The van der Waals surface area contributed by atoms with Gasteiger partial charge in [0, 0.05) is 8.95 Å². The van der Waals surface area contributed by atoms with Gasteiger partial charge in [-0.15, -0.1) is 0 Å².